The molecule has 2 heterocycles. The van der Waals surface area contributed by atoms with Gasteiger partial charge in [-0.3, -0.25) is 9.59 Å². The number of amides is 2. The van der Waals surface area contributed by atoms with Crippen molar-refractivity contribution in [2.45, 2.75) is 39.3 Å². The lowest BCUT2D eigenvalue weighted by Crippen LogP contribution is -2.46. The van der Waals surface area contributed by atoms with Gasteiger partial charge in [0.1, 0.15) is 5.82 Å². The summed E-state index contributed by atoms with van der Waals surface area (Å²) in [4.78, 5) is 32.5. The fourth-order valence-corrected chi connectivity index (χ4v) is 4.64. The van der Waals surface area contributed by atoms with Gasteiger partial charge < -0.3 is 14.8 Å². The van der Waals surface area contributed by atoms with Crippen LogP contribution in [0.3, 0.4) is 0 Å². The summed E-state index contributed by atoms with van der Waals surface area (Å²) in [5.41, 5.74) is 2.45. The zero-order valence-corrected chi connectivity index (χ0v) is 19.7. The van der Waals surface area contributed by atoms with Gasteiger partial charge in [-0.15, -0.1) is 0 Å². The number of fused-ring (bicyclic) bond motifs is 1. The maximum atomic E-state index is 13.1. The van der Waals surface area contributed by atoms with Gasteiger partial charge in [0.2, 0.25) is 5.91 Å². The normalized spacial score (nSPS) is 17.4. The molecule has 3 aromatic rings. The molecule has 1 aliphatic heterocycles. The molecule has 0 bridgehead atoms. The second-order valence-electron chi connectivity index (χ2n) is 8.15. The summed E-state index contributed by atoms with van der Waals surface area (Å²) < 4.78 is 2.13. The third-order valence-electron chi connectivity index (χ3n) is 5.99. The number of rotatable bonds is 5. The maximum Gasteiger partial charge on any atom is 0.253 e. The molecule has 32 heavy (non-hydrogen) atoms. The van der Waals surface area contributed by atoms with E-state index < -0.39 is 0 Å². The van der Waals surface area contributed by atoms with Crippen LogP contribution in [0.1, 0.15) is 48.9 Å². The summed E-state index contributed by atoms with van der Waals surface area (Å²) in [6.07, 6.45) is 1.51. The highest BCUT2D eigenvalue weighted by Gasteiger charge is 2.30. The first-order chi connectivity index (χ1) is 15.4. The molecular formula is C24H26Cl2N4O2. The molecule has 0 radical (unpaired) electrons. The van der Waals surface area contributed by atoms with Crippen molar-refractivity contribution in [1.29, 1.82) is 0 Å². The quantitative estimate of drug-likeness (QED) is 0.561. The van der Waals surface area contributed by atoms with Crippen molar-refractivity contribution in [2.75, 3.05) is 13.1 Å². The third kappa shape index (κ3) is 4.48. The van der Waals surface area contributed by atoms with Gasteiger partial charge in [-0.25, -0.2) is 4.98 Å². The van der Waals surface area contributed by atoms with Gasteiger partial charge in [0.05, 0.1) is 33.0 Å². The lowest BCUT2D eigenvalue weighted by atomic mass is 9.96. The van der Waals surface area contributed by atoms with E-state index in [4.69, 9.17) is 28.2 Å². The fraction of sp³-hybridized carbons (Fsp3) is 0.375. The number of carbonyl (C=O) groups is 2. The van der Waals surface area contributed by atoms with Crippen molar-refractivity contribution in [3.63, 3.8) is 0 Å². The van der Waals surface area contributed by atoms with E-state index in [0.717, 1.165) is 36.2 Å². The van der Waals surface area contributed by atoms with Crippen molar-refractivity contribution in [1.82, 2.24) is 19.8 Å². The Morgan fingerprint density at radius 1 is 1.19 bits per heavy atom. The van der Waals surface area contributed by atoms with Crippen LogP contribution in [0.15, 0.2) is 42.5 Å². The van der Waals surface area contributed by atoms with Gasteiger partial charge in [-0.1, -0.05) is 35.3 Å². The molecule has 1 aliphatic rings. The third-order valence-corrected chi connectivity index (χ3v) is 6.73. The summed E-state index contributed by atoms with van der Waals surface area (Å²) in [6.45, 7) is 5.78. The van der Waals surface area contributed by atoms with E-state index in [1.807, 2.05) is 31.2 Å². The minimum Gasteiger partial charge on any atom is -0.346 e. The predicted molar refractivity (Wildman–Crippen MR) is 127 cm³/mol. The summed E-state index contributed by atoms with van der Waals surface area (Å²) in [6, 6.07) is 12.6. The van der Waals surface area contributed by atoms with Gasteiger partial charge >= 0.3 is 0 Å². The van der Waals surface area contributed by atoms with Crippen molar-refractivity contribution in [3.05, 3.63) is 63.9 Å². The largest absolute Gasteiger partial charge is 0.346 e. The van der Waals surface area contributed by atoms with Crippen LogP contribution in [0.5, 0.6) is 0 Å². The second kappa shape index (κ2) is 9.51. The number of piperidine rings is 1. The number of nitrogens with zero attached hydrogens (tertiary/aromatic N) is 3. The number of para-hydroxylation sites is 2. The lowest BCUT2D eigenvalue weighted by molar-refractivity contribution is -0.127. The van der Waals surface area contributed by atoms with Crippen molar-refractivity contribution < 1.29 is 9.59 Å². The Bertz CT molecular complexity index is 1160. The summed E-state index contributed by atoms with van der Waals surface area (Å²) in [5, 5.41) is 3.87. The van der Waals surface area contributed by atoms with Crippen LogP contribution in [0, 0.1) is 5.92 Å². The summed E-state index contributed by atoms with van der Waals surface area (Å²) >= 11 is 12.0. The molecule has 0 spiro atoms. The topological polar surface area (TPSA) is 67.2 Å². The van der Waals surface area contributed by atoms with E-state index in [1.54, 1.807) is 23.1 Å². The van der Waals surface area contributed by atoms with Gasteiger partial charge in [0, 0.05) is 25.2 Å². The van der Waals surface area contributed by atoms with Crippen molar-refractivity contribution in [3.8, 4) is 0 Å². The number of likely N-dealkylation sites (tertiary alicyclic amines) is 1. The van der Waals surface area contributed by atoms with Crippen LogP contribution in [-0.4, -0.2) is 39.4 Å². The summed E-state index contributed by atoms with van der Waals surface area (Å²) in [5.74, 6) is 0.375. The average Bonchev–Trinajstić information content (AvgIpc) is 3.19. The van der Waals surface area contributed by atoms with Crippen LogP contribution in [0.25, 0.3) is 11.0 Å². The van der Waals surface area contributed by atoms with Crippen molar-refractivity contribution in [2.24, 2.45) is 5.92 Å². The smallest absolute Gasteiger partial charge is 0.253 e. The minimum atomic E-state index is -0.266. The van der Waals surface area contributed by atoms with E-state index >= 15 is 0 Å². The Morgan fingerprint density at radius 3 is 2.72 bits per heavy atom. The molecule has 6 nitrogen and oxygen atoms in total. The van der Waals surface area contributed by atoms with Gasteiger partial charge in [0.15, 0.2) is 0 Å². The van der Waals surface area contributed by atoms with Gasteiger partial charge in [-0.05, 0) is 57.0 Å². The highest BCUT2D eigenvalue weighted by atomic mass is 35.5. The number of hydrogen-bond donors (Lipinski definition) is 1. The molecule has 1 saturated heterocycles. The lowest BCUT2D eigenvalue weighted by Gasteiger charge is -2.32. The first-order valence-electron chi connectivity index (χ1n) is 10.9. The van der Waals surface area contributed by atoms with Crippen LogP contribution < -0.4 is 5.32 Å². The molecule has 2 atom stereocenters. The zero-order valence-electron chi connectivity index (χ0n) is 18.1. The number of nitrogens with one attached hydrogen (secondary N) is 1. The van der Waals surface area contributed by atoms with E-state index in [2.05, 4.69) is 16.8 Å². The number of aryl methyl sites for hydroxylation is 1. The molecule has 2 aromatic carbocycles. The van der Waals surface area contributed by atoms with E-state index in [-0.39, 0.29) is 23.8 Å². The molecule has 168 valence electrons. The Morgan fingerprint density at radius 2 is 1.97 bits per heavy atom. The standard InChI is InChI=1S/C24H26Cl2N4O2/c1-3-30-21-9-5-4-8-20(21)28-22(30)15(2)27-23(31)17-7-6-12-29(14-17)24(32)16-10-11-18(25)19(26)13-16/h4-5,8-11,13,15,17H,3,6-7,12,14H2,1-2H3,(H,27,31). The number of benzene rings is 2. The Hall–Kier alpha value is -2.57. The molecule has 0 aliphatic carbocycles. The molecule has 1 fully saturated rings. The molecule has 1 N–H and O–H groups in total. The second-order valence-corrected chi connectivity index (χ2v) is 8.97. The average molecular weight is 473 g/mol. The van der Waals surface area contributed by atoms with Gasteiger partial charge in [0.25, 0.3) is 5.91 Å². The first-order valence-corrected chi connectivity index (χ1v) is 11.6. The molecule has 0 saturated carbocycles. The minimum absolute atomic E-state index is 0.0566. The number of halogens is 2. The van der Waals surface area contributed by atoms with Crippen LogP contribution in [-0.2, 0) is 11.3 Å². The van der Waals surface area contributed by atoms with E-state index in [1.165, 1.54) is 0 Å². The molecule has 1 aromatic heterocycles. The van der Waals surface area contributed by atoms with Crippen LogP contribution in [0.4, 0.5) is 0 Å². The molecule has 2 unspecified atom stereocenters. The summed E-state index contributed by atoms with van der Waals surface area (Å²) in [7, 11) is 0. The maximum absolute atomic E-state index is 13.1. The monoisotopic (exact) mass is 472 g/mol. The molecule has 4 rings (SSSR count). The Kier molecular flexibility index (Phi) is 6.72. The molecule has 8 heteroatoms. The Labute approximate surface area is 197 Å². The van der Waals surface area contributed by atoms with Gasteiger partial charge in [-0.2, -0.15) is 0 Å². The number of carbonyl (C=O) groups excluding carboxylic acids is 2. The number of imidazole rings is 1. The van der Waals surface area contributed by atoms with Crippen LogP contribution in [0.2, 0.25) is 10.0 Å². The number of hydrogen-bond acceptors (Lipinski definition) is 3. The number of aromatic nitrogens is 2. The highest BCUT2D eigenvalue weighted by molar-refractivity contribution is 6.42. The zero-order chi connectivity index (χ0) is 22.8. The Balaban J connectivity index is 1.45. The molecule has 2 amide bonds. The van der Waals surface area contributed by atoms with E-state index in [0.29, 0.717) is 28.7 Å². The van der Waals surface area contributed by atoms with E-state index in [9.17, 15) is 9.59 Å². The molecular weight excluding hydrogens is 447 g/mol. The first kappa shape index (κ1) is 22.6. The van der Waals surface area contributed by atoms with Crippen LogP contribution >= 0.6 is 23.2 Å². The fourth-order valence-electron chi connectivity index (χ4n) is 4.34. The predicted octanol–water partition coefficient (Wildman–Crippen LogP) is 5.09. The SMILES string of the molecule is CCn1c(C(C)NC(=O)C2CCCN(C(=O)c3ccc(Cl)c(Cl)c3)C2)nc2ccccc21. The van der Waals surface area contributed by atoms with Crippen molar-refractivity contribution >= 4 is 46.0 Å². The highest BCUT2D eigenvalue weighted by Crippen LogP contribution is 2.26.